The molecule has 0 atom stereocenters. The third-order valence-electron chi connectivity index (χ3n) is 21.7. The lowest BCUT2D eigenvalue weighted by atomic mass is 10.0. The highest BCUT2D eigenvalue weighted by Gasteiger charge is 2.13. The Morgan fingerprint density at radius 2 is 0.388 bits per heavy atom. The van der Waals surface area contributed by atoms with Gasteiger partial charge in [0, 0.05) is 117 Å². The predicted molar refractivity (Wildman–Crippen MR) is 551 cm³/mol. The minimum atomic E-state index is 0.505. The van der Waals surface area contributed by atoms with Crippen molar-refractivity contribution >= 4 is 136 Å². The van der Waals surface area contributed by atoms with Crippen LogP contribution in [0.5, 0.6) is 0 Å². The van der Waals surface area contributed by atoms with E-state index in [9.17, 15) is 0 Å². The van der Waals surface area contributed by atoms with Gasteiger partial charge in [-0.1, -0.05) is 192 Å². The molecule has 17 heteroatoms. The van der Waals surface area contributed by atoms with E-state index in [-0.39, 0.29) is 0 Å². The maximum atomic E-state index is 4.93. The first-order valence-electron chi connectivity index (χ1n) is 44.4. The Hall–Kier alpha value is -15.4. The lowest BCUT2D eigenvalue weighted by molar-refractivity contribution is 0.857. The minimum Gasteiger partial charge on any atom is -0.388 e. The number of aromatic nitrogens is 6. The molecule has 11 N–H and O–H groups in total. The first kappa shape index (κ1) is 91.3. The second-order valence-electron chi connectivity index (χ2n) is 33.5. The molecule has 652 valence electrons. The number of anilines is 20. The van der Waals surface area contributed by atoms with E-state index in [0.29, 0.717) is 35.5 Å². The number of nitrogens with one attached hydrogen (secondary N) is 11. The summed E-state index contributed by atoms with van der Waals surface area (Å²) in [6, 6.07) is 116. The predicted octanol–water partition coefficient (Wildman–Crippen LogP) is 31.3. The normalized spacial score (nSPS) is 10.8. The number of hydrogen-bond acceptors (Lipinski definition) is 17. The van der Waals surface area contributed by atoms with Crippen molar-refractivity contribution < 1.29 is 0 Å². The van der Waals surface area contributed by atoms with Gasteiger partial charge in [0.2, 0.25) is 0 Å². The lowest BCUT2D eigenvalue weighted by Gasteiger charge is -2.11. The summed E-state index contributed by atoms with van der Waals surface area (Å²) in [5.41, 5.74) is 28.1. The molecule has 17 rings (SSSR count). The smallest absolute Gasteiger partial charge is 0.131 e. The van der Waals surface area contributed by atoms with Crippen LogP contribution in [0.4, 0.5) is 114 Å². The largest absolute Gasteiger partial charge is 0.388 e. The van der Waals surface area contributed by atoms with Crippen LogP contribution in [0.1, 0.15) is 152 Å². The lowest BCUT2D eigenvalue weighted by Crippen LogP contribution is -1.98. The van der Waals surface area contributed by atoms with E-state index in [2.05, 4.69) is 392 Å². The molecule has 6 heterocycles. The molecule has 0 fully saturated rings. The van der Waals surface area contributed by atoms with Crippen molar-refractivity contribution in [1.29, 1.82) is 0 Å². The van der Waals surface area contributed by atoms with Gasteiger partial charge in [0.15, 0.2) is 0 Å². The number of hydrogen-bond donors (Lipinski definition) is 11. The SMILES string of the molecule is CC(C)c1ccc(Nc2ccc(-c3ccc(Nc4ccc(C(C)C)cc4)cn3)nc2)cc1.CC(C)c1ccc(Nc2ccc(C(C)C)cn2)nc1.CC(C)c1ccc(Nc2ccc3ccc4ccc(Nc5ccc(C(C)C)cc5)nc4c3n2)cc1.CNc1ccc(Nc2ccc(Nc3ccccc3)cc2)cc1.CNc1ccc(Nc2ccc(Nc3ccccc3)cc2)cc1. The zero-order chi connectivity index (χ0) is 90.4. The van der Waals surface area contributed by atoms with Crippen LogP contribution in [0, 0.1) is 0 Å². The van der Waals surface area contributed by atoms with Gasteiger partial charge in [0.05, 0.1) is 46.2 Å². The van der Waals surface area contributed by atoms with Crippen LogP contribution in [0.3, 0.4) is 0 Å². The molecule has 0 saturated heterocycles. The van der Waals surface area contributed by atoms with E-state index >= 15 is 0 Å². The van der Waals surface area contributed by atoms with Crippen molar-refractivity contribution in [3.63, 3.8) is 0 Å². The second-order valence-corrected chi connectivity index (χ2v) is 33.5. The van der Waals surface area contributed by atoms with Crippen molar-refractivity contribution in [2.75, 3.05) is 72.6 Å². The van der Waals surface area contributed by atoms with Gasteiger partial charge in [0.25, 0.3) is 0 Å². The Labute approximate surface area is 761 Å². The van der Waals surface area contributed by atoms with Gasteiger partial charge < -0.3 is 58.5 Å². The fourth-order valence-electron chi connectivity index (χ4n) is 13.8. The monoisotopic (exact) mass is 1700 g/mol. The van der Waals surface area contributed by atoms with E-state index in [1.165, 1.54) is 33.4 Å². The van der Waals surface area contributed by atoms with Crippen molar-refractivity contribution in [3.05, 3.63) is 398 Å². The van der Waals surface area contributed by atoms with E-state index in [4.69, 9.17) is 9.97 Å². The average Bonchev–Trinajstić information content (AvgIpc) is 0.778. The number of pyridine rings is 6. The van der Waals surface area contributed by atoms with Gasteiger partial charge in [-0.05, 0) is 299 Å². The summed E-state index contributed by atoms with van der Waals surface area (Å²) in [6.45, 7) is 26.3. The summed E-state index contributed by atoms with van der Waals surface area (Å²) in [4.78, 5) is 27.8. The van der Waals surface area contributed by atoms with E-state index in [1.54, 1.807) is 0 Å². The molecule has 0 amide bonds. The molecule has 129 heavy (non-hydrogen) atoms. The first-order valence-corrected chi connectivity index (χ1v) is 44.4. The third-order valence-corrected chi connectivity index (χ3v) is 21.7. The maximum absolute atomic E-state index is 4.93. The quantitative estimate of drug-likeness (QED) is 0.0216. The van der Waals surface area contributed by atoms with Gasteiger partial charge in [0.1, 0.15) is 23.3 Å². The van der Waals surface area contributed by atoms with Gasteiger partial charge in [-0.2, -0.15) is 0 Å². The number of para-hydroxylation sites is 2. The van der Waals surface area contributed by atoms with E-state index < -0.39 is 0 Å². The van der Waals surface area contributed by atoms with Crippen LogP contribution in [0.2, 0.25) is 0 Å². The van der Waals surface area contributed by atoms with Gasteiger partial charge in [-0.15, -0.1) is 0 Å². The maximum Gasteiger partial charge on any atom is 0.131 e. The standard InChI is InChI=1S/C30H30N4.C28H30N4.2C19H19N3.C16H21N3/c1-19(2)21-7-13-25(14-8-21)31-27-17-11-23-5-6-24-12-18-28(34-30(24)29(23)33-27)32-26-15-9-22(10-16-26)20(3)4;1-19(2)21-5-9-23(10-6-21)31-25-13-15-27(29-17-25)28-16-14-26(18-30-28)32-24-11-7-22(8-12-24)20(3)4;2*1-20-15-7-9-17(10-8-15)22-19-13-11-18(12-14-19)21-16-5-3-2-4-6-16;1-11(2)13-5-7-15(17-9-13)19-16-8-6-14(10-18-16)12(3)4/h5-20H,1-4H3,(H,31,33)(H,32,34);5-20,31-32H,1-4H3;2*2-14,20-22H,1H3;5-12H,1-4H3,(H,17,18,19). The fraction of sp³-hybridized carbons (Fsp3) is 0.179. The number of rotatable bonds is 27. The van der Waals surface area contributed by atoms with Gasteiger partial charge in [-0.25, -0.2) is 19.9 Å². The Morgan fingerprint density at radius 3 is 0.628 bits per heavy atom. The number of benzene rings is 11. The summed E-state index contributed by atoms with van der Waals surface area (Å²) in [5, 5.41) is 38.8. The number of nitrogens with zero attached hydrogens (tertiary/aromatic N) is 6. The molecular weight excluding hydrogens is 1580 g/mol. The molecule has 0 spiro atoms. The third kappa shape index (κ3) is 27.6. The molecule has 17 aromatic rings. The molecule has 0 aliphatic rings. The zero-order valence-electron chi connectivity index (χ0n) is 76.3. The topological polar surface area (TPSA) is 210 Å². The number of fused-ring (bicyclic) bond motifs is 3. The Bertz CT molecular complexity index is 5860. The Morgan fingerprint density at radius 1 is 0.171 bits per heavy atom. The summed E-state index contributed by atoms with van der Waals surface area (Å²) < 4.78 is 0. The molecule has 0 bridgehead atoms. The molecule has 0 unspecified atom stereocenters. The highest BCUT2D eigenvalue weighted by molar-refractivity contribution is 6.04. The van der Waals surface area contributed by atoms with E-state index in [0.717, 1.165) is 147 Å². The zero-order valence-corrected chi connectivity index (χ0v) is 76.3. The van der Waals surface area contributed by atoms with Gasteiger partial charge in [-0.3, -0.25) is 9.97 Å². The molecular formula is C112H119N17. The molecule has 0 radical (unpaired) electrons. The van der Waals surface area contributed by atoms with Crippen LogP contribution in [0.15, 0.2) is 365 Å². The molecule has 0 aliphatic carbocycles. The van der Waals surface area contributed by atoms with E-state index in [1.807, 2.05) is 148 Å². The second kappa shape index (κ2) is 45.5. The summed E-state index contributed by atoms with van der Waals surface area (Å²) >= 11 is 0. The van der Waals surface area contributed by atoms with Crippen LogP contribution >= 0.6 is 0 Å². The summed E-state index contributed by atoms with van der Waals surface area (Å²) in [5.74, 6) is 6.37. The highest BCUT2D eigenvalue weighted by atomic mass is 15.1. The highest BCUT2D eigenvalue weighted by Crippen LogP contribution is 2.33. The fourth-order valence-corrected chi connectivity index (χ4v) is 13.8. The Balaban J connectivity index is 0.000000140. The Kier molecular flexibility index (Phi) is 32.2. The molecule has 11 aromatic carbocycles. The average molecular weight is 1700 g/mol. The summed E-state index contributed by atoms with van der Waals surface area (Å²) in [7, 11) is 3.84. The van der Waals surface area contributed by atoms with Crippen molar-refractivity contribution in [2.24, 2.45) is 0 Å². The molecule has 0 aliphatic heterocycles. The van der Waals surface area contributed by atoms with Crippen molar-refractivity contribution in [2.45, 2.75) is 119 Å². The van der Waals surface area contributed by atoms with Crippen molar-refractivity contribution in [1.82, 2.24) is 29.9 Å². The first-order chi connectivity index (χ1) is 62.7. The van der Waals surface area contributed by atoms with Gasteiger partial charge >= 0.3 is 0 Å². The van der Waals surface area contributed by atoms with Crippen LogP contribution < -0.4 is 58.5 Å². The van der Waals surface area contributed by atoms with Crippen molar-refractivity contribution in [3.8, 4) is 11.4 Å². The molecule has 6 aromatic heterocycles. The molecule has 0 saturated carbocycles. The summed E-state index contributed by atoms with van der Waals surface area (Å²) in [6.07, 6.45) is 7.51. The van der Waals surface area contributed by atoms with Crippen LogP contribution in [-0.4, -0.2) is 44.0 Å². The minimum absolute atomic E-state index is 0.505. The van der Waals surface area contributed by atoms with Crippen LogP contribution in [-0.2, 0) is 0 Å². The molecule has 17 nitrogen and oxygen atoms in total. The van der Waals surface area contributed by atoms with Crippen LogP contribution in [0.25, 0.3) is 33.2 Å².